The molecule has 0 N–H and O–H groups in total. The second kappa shape index (κ2) is 10.8. The molecule has 0 spiro atoms. The molecule has 2 aromatic heterocycles. The van der Waals surface area contributed by atoms with E-state index in [1.165, 1.54) is 21.3 Å². The van der Waals surface area contributed by atoms with Crippen molar-refractivity contribution in [1.82, 2.24) is 4.57 Å². The number of Topliss-reactive ketones (excluding diaryl/α,β-unsaturated/α-hetero) is 1. The summed E-state index contributed by atoms with van der Waals surface area (Å²) >= 11 is 0. The molecule has 1 aromatic carbocycles. The summed E-state index contributed by atoms with van der Waals surface area (Å²) in [5, 5.41) is 0. The molecule has 8 nitrogen and oxygen atoms in total. The summed E-state index contributed by atoms with van der Waals surface area (Å²) in [6, 6.07) is 8.75. The zero-order chi connectivity index (χ0) is 24.0. The number of furan rings is 1. The number of rotatable bonds is 11. The summed E-state index contributed by atoms with van der Waals surface area (Å²) < 4.78 is 28.9. The van der Waals surface area contributed by atoms with Gasteiger partial charge in [0.05, 0.1) is 46.3 Å². The highest BCUT2D eigenvalue weighted by atomic mass is 16.5. The Hall–Kier alpha value is -3.68. The van der Waals surface area contributed by atoms with E-state index in [2.05, 4.69) is 4.57 Å². The number of ether oxygens (including phenoxy) is 4. The summed E-state index contributed by atoms with van der Waals surface area (Å²) in [5.74, 6) is 1.50. The van der Waals surface area contributed by atoms with E-state index in [0.717, 1.165) is 17.1 Å². The molecule has 3 rings (SSSR count). The van der Waals surface area contributed by atoms with Gasteiger partial charge in [0.2, 0.25) is 5.75 Å². The second-order valence-corrected chi connectivity index (χ2v) is 7.51. The van der Waals surface area contributed by atoms with Crippen molar-refractivity contribution in [2.45, 2.75) is 33.2 Å². The molecule has 0 saturated carbocycles. The third-order valence-electron chi connectivity index (χ3n) is 5.44. The number of esters is 1. The number of methoxy groups -OCH3 is 3. The first-order valence-corrected chi connectivity index (χ1v) is 10.6. The molecular weight excluding hydrogens is 426 g/mol. The predicted molar refractivity (Wildman–Crippen MR) is 122 cm³/mol. The number of benzene rings is 1. The maximum atomic E-state index is 12.6. The molecule has 0 bridgehead atoms. The van der Waals surface area contributed by atoms with Crippen LogP contribution >= 0.6 is 0 Å². The van der Waals surface area contributed by atoms with Crippen molar-refractivity contribution in [3.63, 3.8) is 0 Å². The predicted octanol–water partition coefficient (Wildman–Crippen LogP) is 4.46. The lowest BCUT2D eigenvalue weighted by atomic mass is 10.1. The van der Waals surface area contributed by atoms with E-state index in [1.54, 1.807) is 25.3 Å². The summed E-state index contributed by atoms with van der Waals surface area (Å²) in [4.78, 5) is 24.6. The fourth-order valence-corrected chi connectivity index (χ4v) is 3.75. The molecule has 3 aromatic rings. The number of aryl methyl sites for hydroxylation is 1. The van der Waals surface area contributed by atoms with Gasteiger partial charge in [0.25, 0.3) is 0 Å². The van der Waals surface area contributed by atoms with Gasteiger partial charge in [-0.1, -0.05) is 0 Å². The van der Waals surface area contributed by atoms with Gasteiger partial charge >= 0.3 is 5.97 Å². The van der Waals surface area contributed by atoms with Crippen LogP contribution in [0.4, 0.5) is 0 Å². The standard InChI is InChI=1S/C25H29NO7/c1-16-21(17(2)27)14-19(26(16)15-20-9-7-10-32-20)8-6-11-33-25(28)18-12-22(29-3)24(31-5)23(13-18)30-4/h7,9-10,12-14H,6,8,11,15H2,1-5H3. The summed E-state index contributed by atoms with van der Waals surface area (Å²) in [6.07, 6.45) is 2.86. The number of hydrogen-bond acceptors (Lipinski definition) is 7. The van der Waals surface area contributed by atoms with Gasteiger partial charge in [-0.2, -0.15) is 0 Å². The minimum absolute atomic E-state index is 0.0146. The Morgan fingerprint density at radius 1 is 1.03 bits per heavy atom. The Balaban J connectivity index is 1.67. The van der Waals surface area contributed by atoms with Crippen LogP contribution in [-0.2, 0) is 17.7 Å². The highest BCUT2D eigenvalue weighted by Crippen LogP contribution is 2.38. The van der Waals surface area contributed by atoms with Gasteiger partial charge in [0.15, 0.2) is 17.3 Å². The van der Waals surface area contributed by atoms with Gasteiger partial charge in [-0.3, -0.25) is 4.79 Å². The minimum atomic E-state index is -0.485. The molecule has 0 fully saturated rings. The average molecular weight is 456 g/mol. The van der Waals surface area contributed by atoms with Crippen LogP contribution in [0, 0.1) is 6.92 Å². The fourth-order valence-electron chi connectivity index (χ4n) is 3.75. The molecule has 176 valence electrons. The lowest BCUT2D eigenvalue weighted by Gasteiger charge is -2.14. The highest BCUT2D eigenvalue weighted by molar-refractivity contribution is 5.95. The summed E-state index contributed by atoms with van der Waals surface area (Å²) in [5.41, 5.74) is 2.87. The van der Waals surface area contributed by atoms with Crippen molar-refractivity contribution in [3.05, 3.63) is 64.9 Å². The van der Waals surface area contributed by atoms with E-state index in [0.29, 0.717) is 47.8 Å². The van der Waals surface area contributed by atoms with E-state index < -0.39 is 5.97 Å². The van der Waals surface area contributed by atoms with E-state index in [-0.39, 0.29) is 12.4 Å². The van der Waals surface area contributed by atoms with Crippen molar-refractivity contribution < 1.29 is 33.0 Å². The van der Waals surface area contributed by atoms with Crippen LogP contribution in [-0.4, -0.2) is 44.3 Å². The number of nitrogens with zero attached hydrogens (tertiary/aromatic N) is 1. The molecule has 2 heterocycles. The summed E-state index contributed by atoms with van der Waals surface area (Å²) in [7, 11) is 4.47. The van der Waals surface area contributed by atoms with Gasteiger partial charge in [0.1, 0.15) is 5.76 Å². The van der Waals surface area contributed by atoms with Gasteiger partial charge < -0.3 is 27.9 Å². The SMILES string of the molecule is COc1cc(C(=O)OCCCc2cc(C(C)=O)c(C)n2Cc2ccco2)cc(OC)c1OC. The van der Waals surface area contributed by atoms with Crippen LogP contribution in [0.1, 0.15) is 51.2 Å². The number of ketones is 1. The molecule has 0 aliphatic heterocycles. The van der Waals surface area contributed by atoms with Gasteiger partial charge in [-0.05, 0) is 57.0 Å². The zero-order valence-electron chi connectivity index (χ0n) is 19.6. The topological polar surface area (TPSA) is 89.1 Å². The van der Waals surface area contributed by atoms with Crippen LogP contribution in [0.5, 0.6) is 17.2 Å². The normalized spacial score (nSPS) is 10.7. The molecule has 0 aliphatic carbocycles. The van der Waals surface area contributed by atoms with Gasteiger partial charge in [-0.15, -0.1) is 0 Å². The molecule has 0 unspecified atom stereocenters. The van der Waals surface area contributed by atoms with Crippen molar-refractivity contribution in [1.29, 1.82) is 0 Å². The number of carbonyl (C=O) groups excluding carboxylic acids is 2. The van der Waals surface area contributed by atoms with Crippen LogP contribution in [0.25, 0.3) is 0 Å². The lowest BCUT2D eigenvalue weighted by Crippen LogP contribution is -2.10. The van der Waals surface area contributed by atoms with Crippen molar-refractivity contribution in [2.75, 3.05) is 27.9 Å². The molecule has 0 amide bonds. The van der Waals surface area contributed by atoms with Crippen molar-refractivity contribution in [2.24, 2.45) is 0 Å². The highest BCUT2D eigenvalue weighted by Gasteiger charge is 2.19. The fraction of sp³-hybridized carbons (Fsp3) is 0.360. The van der Waals surface area contributed by atoms with Gasteiger partial charge in [0, 0.05) is 17.0 Å². The first kappa shape index (κ1) is 24.0. The van der Waals surface area contributed by atoms with Crippen LogP contribution < -0.4 is 14.2 Å². The van der Waals surface area contributed by atoms with E-state index in [1.807, 2.05) is 25.1 Å². The first-order valence-electron chi connectivity index (χ1n) is 10.6. The van der Waals surface area contributed by atoms with E-state index >= 15 is 0 Å². The molecule has 0 aliphatic rings. The quantitative estimate of drug-likeness (QED) is 0.240. The number of carbonyl (C=O) groups is 2. The Morgan fingerprint density at radius 3 is 2.27 bits per heavy atom. The first-order chi connectivity index (χ1) is 15.9. The maximum absolute atomic E-state index is 12.6. The number of aromatic nitrogens is 1. The Labute approximate surface area is 193 Å². The largest absolute Gasteiger partial charge is 0.493 e. The van der Waals surface area contributed by atoms with E-state index in [4.69, 9.17) is 23.4 Å². The summed E-state index contributed by atoms with van der Waals surface area (Å²) in [6.45, 7) is 4.23. The minimum Gasteiger partial charge on any atom is -0.493 e. The third-order valence-corrected chi connectivity index (χ3v) is 5.44. The van der Waals surface area contributed by atoms with Crippen molar-refractivity contribution >= 4 is 11.8 Å². The number of hydrogen-bond donors (Lipinski definition) is 0. The maximum Gasteiger partial charge on any atom is 0.338 e. The van der Waals surface area contributed by atoms with Gasteiger partial charge in [-0.25, -0.2) is 4.79 Å². The molecule has 0 atom stereocenters. The van der Waals surface area contributed by atoms with Crippen LogP contribution in [0.2, 0.25) is 0 Å². The molecular formula is C25H29NO7. The lowest BCUT2D eigenvalue weighted by molar-refractivity contribution is 0.0499. The second-order valence-electron chi connectivity index (χ2n) is 7.51. The molecule has 8 heteroatoms. The molecule has 33 heavy (non-hydrogen) atoms. The average Bonchev–Trinajstić information content (AvgIpc) is 3.44. The Morgan fingerprint density at radius 2 is 1.73 bits per heavy atom. The third kappa shape index (κ3) is 5.39. The Kier molecular flexibility index (Phi) is 7.82. The Bertz CT molecular complexity index is 1090. The molecule has 0 radical (unpaired) electrons. The monoisotopic (exact) mass is 455 g/mol. The zero-order valence-corrected chi connectivity index (χ0v) is 19.6. The van der Waals surface area contributed by atoms with Crippen LogP contribution in [0.3, 0.4) is 0 Å². The van der Waals surface area contributed by atoms with Crippen LogP contribution in [0.15, 0.2) is 41.0 Å². The van der Waals surface area contributed by atoms with Crippen molar-refractivity contribution in [3.8, 4) is 17.2 Å². The smallest absolute Gasteiger partial charge is 0.338 e. The molecule has 0 saturated heterocycles. The van der Waals surface area contributed by atoms with E-state index in [9.17, 15) is 9.59 Å².